The van der Waals surface area contributed by atoms with Crippen LogP contribution in [-0.2, 0) is 4.79 Å². The second-order valence-electron chi connectivity index (χ2n) is 5.55. The molecule has 0 heterocycles. The van der Waals surface area contributed by atoms with Gasteiger partial charge in [-0.3, -0.25) is 4.79 Å². The molecule has 3 heteroatoms. The lowest BCUT2D eigenvalue weighted by Gasteiger charge is -2.34. The second kappa shape index (κ2) is 6.89. The molecule has 0 aromatic rings. The molecule has 0 rings (SSSR count). The van der Waals surface area contributed by atoms with E-state index >= 15 is 0 Å². The van der Waals surface area contributed by atoms with Gasteiger partial charge in [-0.25, -0.2) is 0 Å². The van der Waals surface area contributed by atoms with Gasteiger partial charge in [-0.2, -0.15) is 0 Å². The molecule has 0 aliphatic rings. The maximum atomic E-state index is 11.5. The molecule has 3 nitrogen and oxygen atoms in total. The summed E-state index contributed by atoms with van der Waals surface area (Å²) in [6.45, 7) is 10.4. The van der Waals surface area contributed by atoms with Crippen molar-refractivity contribution in [3.8, 4) is 0 Å². The van der Waals surface area contributed by atoms with Gasteiger partial charge in [0, 0.05) is 18.9 Å². The van der Waals surface area contributed by atoms with Crippen LogP contribution in [0.3, 0.4) is 0 Å². The zero-order valence-electron chi connectivity index (χ0n) is 11.8. The van der Waals surface area contributed by atoms with Crippen LogP contribution < -0.4 is 5.32 Å². The lowest BCUT2D eigenvalue weighted by molar-refractivity contribution is -0.911. The first-order valence-electron chi connectivity index (χ1n) is 6.41. The minimum absolute atomic E-state index is 0.146. The fraction of sp³-hybridized carbons (Fsp3) is 0.923. The molecule has 1 atom stereocenters. The van der Waals surface area contributed by atoms with Crippen LogP contribution in [0.5, 0.6) is 0 Å². The molecule has 0 saturated heterocycles. The molecular weight excluding hydrogens is 200 g/mol. The SMILES string of the molecule is CCC(C)C(=O)NCCC[N+](C)(C)C(C)C. The van der Waals surface area contributed by atoms with Crippen LogP contribution in [-0.4, -0.2) is 43.6 Å². The van der Waals surface area contributed by atoms with Gasteiger partial charge in [-0.15, -0.1) is 0 Å². The molecule has 0 radical (unpaired) electrons. The Labute approximate surface area is 101 Å². The maximum Gasteiger partial charge on any atom is 0.222 e. The Kier molecular flexibility index (Phi) is 6.65. The summed E-state index contributed by atoms with van der Waals surface area (Å²) in [6.07, 6.45) is 1.97. The predicted octanol–water partition coefficient (Wildman–Crippen LogP) is 2.02. The Morgan fingerprint density at radius 2 is 1.81 bits per heavy atom. The lowest BCUT2D eigenvalue weighted by Crippen LogP contribution is -2.47. The number of hydrogen-bond donors (Lipinski definition) is 1. The van der Waals surface area contributed by atoms with Crippen molar-refractivity contribution in [2.45, 2.75) is 46.6 Å². The fourth-order valence-corrected chi connectivity index (χ4v) is 1.32. The summed E-state index contributed by atoms with van der Waals surface area (Å²) in [7, 11) is 4.47. The van der Waals surface area contributed by atoms with E-state index in [1.54, 1.807) is 0 Å². The van der Waals surface area contributed by atoms with Crippen LogP contribution >= 0.6 is 0 Å². The molecular formula is C13H29N2O+. The van der Waals surface area contributed by atoms with Gasteiger partial charge in [0.05, 0.1) is 26.7 Å². The van der Waals surface area contributed by atoms with Crippen molar-refractivity contribution in [1.82, 2.24) is 5.32 Å². The summed E-state index contributed by atoms with van der Waals surface area (Å²) < 4.78 is 1.01. The Balaban J connectivity index is 3.73. The Hall–Kier alpha value is -0.570. The standard InChI is InChI=1S/C13H28N2O/c1-7-12(4)13(16)14-9-8-10-15(5,6)11(2)3/h11-12H,7-10H2,1-6H3/p+1. The first-order valence-corrected chi connectivity index (χ1v) is 6.41. The molecule has 0 spiro atoms. The zero-order chi connectivity index (χ0) is 12.8. The van der Waals surface area contributed by atoms with E-state index in [1.165, 1.54) is 0 Å². The van der Waals surface area contributed by atoms with Crippen LogP contribution in [0.4, 0.5) is 0 Å². The molecule has 0 aliphatic heterocycles. The van der Waals surface area contributed by atoms with Crippen LogP contribution in [0.25, 0.3) is 0 Å². The minimum Gasteiger partial charge on any atom is -0.356 e. The molecule has 0 aromatic heterocycles. The molecule has 0 saturated carbocycles. The molecule has 1 amide bonds. The first kappa shape index (κ1) is 15.4. The van der Waals surface area contributed by atoms with E-state index in [9.17, 15) is 4.79 Å². The van der Waals surface area contributed by atoms with Crippen LogP contribution in [0, 0.1) is 5.92 Å². The summed E-state index contributed by atoms with van der Waals surface area (Å²) in [6, 6.07) is 0.630. The van der Waals surface area contributed by atoms with Gasteiger partial charge in [-0.05, 0) is 20.3 Å². The Morgan fingerprint density at radius 1 is 1.25 bits per heavy atom. The third kappa shape index (κ3) is 5.50. The molecule has 16 heavy (non-hydrogen) atoms. The summed E-state index contributed by atoms with van der Waals surface area (Å²) in [4.78, 5) is 11.5. The van der Waals surface area contributed by atoms with Gasteiger partial charge < -0.3 is 9.80 Å². The van der Waals surface area contributed by atoms with Crippen molar-refractivity contribution >= 4 is 5.91 Å². The van der Waals surface area contributed by atoms with Crippen LogP contribution in [0.2, 0.25) is 0 Å². The number of carbonyl (C=O) groups excluding carboxylic acids is 1. The quantitative estimate of drug-likeness (QED) is 0.525. The number of hydrogen-bond acceptors (Lipinski definition) is 1. The highest BCUT2D eigenvalue weighted by Gasteiger charge is 2.18. The number of nitrogens with one attached hydrogen (secondary N) is 1. The lowest BCUT2D eigenvalue weighted by atomic mass is 10.1. The molecule has 0 bridgehead atoms. The largest absolute Gasteiger partial charge is 0.356 e. The fourth-order valence-electron chi connectivity index (χ4n) is 1.32. The minimum atomic E-state index is 0.146. The maximum absolute atomic E-state index is 11.5. The van der Waals surface area contributed by atoms with E-state index < -0.39 is 0 Å². The van der Waals surface area contributed by atoms with E-state index in [2.05, 4.69) is 33.3 Å². The van der Waals surface area contributed by atoms with Gasteiger partial charge >= 0.3 is 0 Å². The van der Waals surface area contributed by atoms with Crippen LogP contribution in [0.1, 0.15) is 40.5 Å². The van der Waals surface area contributed by atoms with Crippen LogP contribution in [0.15, 0.2) is 0 Å². The van der Waals surface area contributed by atoms with Crippen molar-refractivity contribution in [1.29, 1.82) is 0 Å². The van der Waals surface area contributed by atoms with Crippen molar-refractivity contribution in [2.24, 2.45) is 5.92 Å². The van der Waals surface area contributed by atoms with E-state index in [4.69, 9.17) is 0 Å². The normalized spacial score (nSPS) is 13.9. The number of amides is 1. The molecule has 0 aromatic carbocycles. The second-order valence-corrected chi connectivity index (χ2v) is 5.55. The van der Waals surface area contributed by atoms with Crippen molar-refractivity contribution in [2.75, 3.05) is 27.2 Å². The number of nitrogens with zero attached hydrogens (tertiary/aromatic N) is 1. The third-order valence-corrected chi connectivity index (χ3v) is 3.67. The molecule has 1 N–H and O–H groups in total. The highest BCUT2D eigenvalue weighted by Crippen LogP contribution is 2.06. The number of rotatable bonds is 7. The van der Waals surface area contributed by atoms with Gasteiger partial charge in [0.15, 0.2) is 0 Å². The summed E-state index contributed by atoms with van der Waals surface area (Å²) >= 11 is 0. The predicted molar refractivity (Wildman–Crippen MR) is 69.2 cm³/mol. The average Bonchev–Trinajstić information content (AvgIpc) is 2.22. The van der Waals surface area contributed by atoms with Gasteiger partial charge in [0.1, 0.15) is 0 Å². The van der Waals surface area contributed by atoms with E-state index in [0.29, 0.717) is 6.04 Å². The monoisotopic (exact) mass is 229 g/mol. The van der Waals surface area contributed by atoms with Gasteiger partial charge in [0.2, 0.25) is 5.91 Å². The number of carbonyl (C=O) groups is 1. The summed E-state index contributed by atoms with van der Waals surface area (Å²) in [5.41, 5.74) is 0. The molecule has 96 valence electrons. The molecule has 0 aliphatic carbocycles. The molecule has 0 fully saturated rings. The van der Waals surface area contributed by atoms with Crippen molar-refractivity contribution in [3.63, 3.8) is 0 Å². The van der Waals surface area contributed by atoms with E-state index in [-0.39, 0.29) is 11.8 Å². The zero-order valence-corrected chi connectivity index (χ0v) is 11.8. The highest BCUT2D eigenvalue weighted by molar-refractivity contribution is 5.78. The van der Waals surface area contributed by atoms with E-state index in [0.717, 1.165) is 30.4 Å². The Bertz CT molecular complexity index is 212. The molecule has 1 unspecified atom stereocenters. The third-order valence-electron chi connectivity index (χ3n) is 3.67. The van der Waals surface area contributed by atoms with Gasteiger partial charge in [0.25, 0.3) is 0 Å². The highest BCUT2D eigenvalue weighted by atomic mass is 16.1. The number of quaternary nitrogens is 1. The Morgan fingerprint density at radius 3 is 2.25 bits per heavy atom. The van der Waals surface area contributed by atoms with Crippen molar-refractivity contribution < 1.29 is 9.28 Å². The summed E-state index contributed by atoms with van der Waals surface area (Å²) in [5.74, 6) is 0.338. The van der Waals surface area contributed by atoms with Crippen molar-refractivity contribution in [3.05, 3.63) is 0 Å². The topological polar surface area (TPSA) is 29.1 Å². The smallest absolute Gasteiger partial charge is 0.222 e. The summed E-state index contributed by atoms with van der Waals surface area (Å²) in [5, 5.41) is 3.00. The average molecular weight is 229 g/mol. The van der Waals surface area contributed by atoms with Gasteiger partial charge in [-0.1, -0.05) is 13.8 Å². The van der Waals surface area contributed by atoms with E-state index in [1.807, 2.05) is 13.8 Å². The first-order chi connectivity index (χ1) is 7.31.